The van der Waals surface area contributed by atoms with Crippen molar-refractivity contribution in [2.45, 2.75) is 57.9 Å². The van der Waals surface area contributed by atoms with Crippen molar-refractivity contribution in [3.05, 3.63) is 23.8 Å². The fourth-order valence-corrected chi connectivity index (χ4v) is 5.31. The van der Waals surface area contributed by atoms with E-state index in [-0.39, 0.29) is 17.8 Å². The molecule has 2 amide bonds. The average Bonchev–Trinajstić information content (AvgIpc) is 2.57. The van der Waals surface area contributed by atoms with Crippen molar-refractivity contribution < 1.29 is 13.2 Å². The molecule has 1 saturated carbocycles. The summed E-state index contributed by atoms with van der Waals surface area (Å²) in [5.74, 6) is 0.187. The summed E-state index contributed by atoms with van der Waals surface area (Å²) in [6.45, 7) is 2.40. The summed E-state index contributed by atoms with van der Waals surface area (Å²) in [5, 5.41) is 5.87. The molecule has 1 saturated heterocycles. The average molecular weight is 365 g/mol. The first kappa shape index (κ1) is 18.0. The van der Waals surface area contributed by atoms with E-state index in [0.717, 1.165) is 37.7 Å². The van der Waals surface area contributed by atoms with Gasteiger partial charge in [-0.15, -0.1) is 0 Å². The largest absolute Gasteiger partial charge is 0.335 e. The fraction of sp³-hybridized carbons (Fsp3) is 0.611. The Labute approximate surface area is 150 Å². The van der Waals surface area contributed by atoms with Crippen LogP contribution in [0.2, 0.25) is 0 Å². The van der Waals surface area contributed by atoms with Gasteiger partial charge in [0.05, 0.1) is 11.4 Å². The van der Waals surface area contributed by atoms with Gasteiger partial charge < -0.3 is 10.6 Å². The highest BCUT2D eigenvalue weighted by Gasteiger charge is 2.27. The van der Waals surface area contributed by atoms with Crippen LogP contribution in [0.25, 0.3) is 0 Å². The zero-order chi connectivity index (χ0) is 17.9. The fourth-order valence-electron chi connectivity index (χ4n) is 3.61. The van der Waals surface area contributed by atoms with E-state index in [1.165, 1.54) is 10.7 Å². The van der Waals surface area contributed by atoms with Crippen molar-refractivity contribution in [2.75, 3.05) is 21.9 Å². The molecule has 0 radical (unpaired) electrons. The molecule has 3 rings (SSSR count). The van der Waals surface area contributed by atoms with Gasteiger partial charge in [0.15, 0.2) is 0 Å². The van der Waals surface area contributed by atoms with E-state index in [1.807, 2.05) is 19.1 Å². The third-order valence-electron chi connectivity index (χ3n) is 5.03. The number of carbonyl (C=O) groups excluding carboxylic acids is 1. The Kier molecular flexibility index (Phi) is 5.51. The van der Waals surface area contributed by atoms with Gasteiger partial charge in [0.25, 0.3) is 0 Å². The van der Waals surface area contributed by atoms with Gasteiger partial charge in [0.2, 0.25) is 10.0 Å². The number of sulfonamides is 1. The molecule has 0 aromatic heterocycles. The Morgan fingerprint density at radius 3 is 2.60 bits per heavy atom. The second-order valence-electron chi connectivity index (χ2n) is 7.03. The number of anilines is 2. The molecule has 7 heteroatoms. The molecule has 2 N–H and O–H groups in total. The van der Waals surface area contributed by atoms with Gasteiger partial charge in [-0.2, -0.15) is 0 Å². The van der Waals surface area contributed by atoms with Gasteiger partial charge in [0.1, 0.15) is 0 Å². The molecule has 1 heterocycles. The van der Waals surface area contributed by atoms with Crippen molar-refractivity contribution in [1.29, 1.82) is 0 Å². The molecule has 2 aliphatic rings. The van der Waals surface area contributed by atoms with Crippen LogP contribution in [0.5, 0.6) is 0 Å². The molecule has 0 unspecified atom stereocenters. The number of rotatable bonds is 3. The number of nitrogens with one attached hydrogen (secondary N) is 2. The van der Waals surface area contributed by atoms with Crippen LogP contribution in [0.3, 0.4) is 0 Å². The Hall–Kier alpha value is -1.76. The van der Waals surface area contributed by atoms with E-state index in [1.54, 1.807) is 6.07 Å². The first-order chi connectivity index (χ1) is 12.0. The van der Waals surface area contributed by atoms with Gasteiger partial charge in [0, 0.05) is 18.3 Å². The molecule has 1 aromatic carbocycles. The van der Waals surface area contributed by atoms with Crippen LogP contribution in [0.15, 0.2) is 18.2 Å². The Balaban J connectivity index is 1.71. The van der Waals surface area contributed by atoms with Crippen LogP contribution in [-0.4, -0.2) is 32.8 Å². The predicted octanol–water partition coefficient (Wildman–Crippen LogP) is 3.38. The first-order valence-electron chi connectivity index (χ1n) is 9.14. The monoisotopic (exact) mass is 365 g/mol. The Morgan fingerprint density at radius 1 is 1.12 bits per heavy atom. The normalized spacial score (nSPS) is 20.9. The topological polar surface area (TPSA) is 78.5 Å². The van der Waals surface area contributed by atoms with Crippen molar-refractivity contribution >= 4 is 27.4 Å². The highest BCUT2D eigenvalue weighted by Crippen LogP contribution is 2.29. The third kappa shape index (κ3) is 4.45. The molecule has 6 nitrogen and oxygen atoms in total. The van der Waals surface area contributed by atoms with E-state index in [4.69, 9.17) is 0 Å². The van der Waals surface area contributed by atoms with Crippen LogP contribution in [-0.2, 0) is 10.0 Å². The highest BCUT2D eigenvalue weighted by atomic mass is 32.2. The van der Waals surface area contributed by atoms with E-state index in [9.17, 15) is 13.2 Å². The smallest absolute Gasteiger partial charge is 0.319 e. The highest BCUT2D eigenvalue weighted by molar-refractivity contribution is 7.92. The number of hydrogen-bond acceptors (Lipinski definition) is 3. The number of nitrogens with zero attached hydrogens (tertiary/aromatic N) is 1. The van der Waals surface area contributed by atoms with Crippen molar-refractivity contribution in [3.8, 4) is 0 Å². The maximum Gasteiger partial charge on any atom is 0.319 e. The van der Waals surface area contributed by atoms with Gasteiger partial charge in [-0.3, -0.25) is 4.31 Å². The van der Waals surface area contributed by atoms with E-state index >= 15 is 0 Å². The quantitative estimate of drug-likeness (QED) is 0.862. The molecule has 0 spiro atoms. The molecular weight excluding hydrogens is 338 g/mol. The number of amides is 2. The van der Waals surface area contributed by atoms with Gasteiger partial charge in [-0.1, -0.05) is 25.3 Å². The lowest BCUT2D eigenvalue weighted by Crippen LogP contribution is -2.39. The number of hydrogen-bond donors (Lipinski definition) is 2. The number of benzene rings is 1. The minimum Gasteiger partial charge on any atom is -0.335 e. The Bertz CT molecular complexity index is 727. The number of carbonyl (C=O) groups is 1. The lowest BCUT2D eigenvalue weighted by atomic mass is 9.96. The van der Waals surface area contributed by atoms with Crippen LogP contribution in [0.4, 0.5) is 16.2 Å². The Morgan fingerprint density at radius 2 is 1.88 bits per heavy atom. The molecular formula is C18H27N3O3S. The molecule has 25 heavy (non-hydrogen) atoms. The second kappa shape index (κ2) is 7.64. The molecule has 1 aliphatic carbocycles. The summed E-state index contributed by atoms with van der Waals surface area (Å²) in [5.41, 5.74) is 2.17. The summed E-state index contributed by atoms with van der Waals surface area (Å²) in [4.78, 5) is 12.2. The standard InChI is InChI=1S/C18H27N3O3S/c1-14-9-10-16(20-18(22)19-15-7-3-2-4-8-15)13-17(14)21-11-5-6-12-25(21,23)24/h9-10,13,15H,2-8,11-12H2,1H3,(H2,19,20,22). The van der Waals surface area contributed by atoms with Crippen molar-refractivity contribution in [3.63, 3.8) is 0 Å². The molecule has 1 aromatic rings. The number of aryl methyl sites for hydroxylation is 1. The maximum absolute atomic E-state index is 12.4. The lowest BCUT2D eigenvalue weighted by Gasteiger charge is -2.30. The minimum absolute atomic E-state index is 0.187. The molecule has 0 bridgehead atoms. The number of urea groups is 1. The predicted molar refractivity (Wildman–Crippen MR) is 101 cm³/mol. The summed E-state index contributed by atoms with van der Waals surface area (Å²) in [6, 6.07) is 5.45. The van der Waals surface area contributed by atoms with E-state index in [0.29, 0.717) is 24.3 Å². The molecule has 2 fully saturated rings. The molecule has 1 aliphatic heterocycles. The van der Waals surface area contributed by atoms with Gasteiger partial charge in [-0.25, -0.2) is 13.2 Å². The van der Waals surface area contributed by atoms with E-state index < -0.39 is 10.0 Å². The van der Waals surface area contributed by atoms with Crippen LogP contribution < -0.4 is 14.9 Å². The van der Waals surface area contributed by atoms with Gasteiger partial charge in [-0.05, 0) is 50.3 Å². The molecule has 0 atom stereocenters. The summed E-state index contributed by atoms with van der Waals surface area (Å²) < 4.78 is 26.2. The summed E-state index contributed by atoms with van der Waals surface area (Å²) >= 11 is 0. The zero-order valence-corrected chi connectivity index (χ0v) is 15.6. The third-order valence-corrected chi connectivity index (χ3v) is 6.88. The van der Waals surface area contributed by atoms with Crippen LogP contribution in [0, 0.1) is 6.92 Å². The summed E-state index contributed by atoms with van der Waals surface area (Å²) in [7, 11) is -3.26. The minimum atomic E-state index is -3.26. The van der Waals surface area contributed by atoms with Crippen molar-refractivity contribution in [1.82, 2.24) is 5.32 Å². The van der Waals surface area contributed by atoms with Crippen LogP contribution in [0.1, 0.15) is 50.5 Å². The lowest BCUT2D eigenvalue weighted by molar-refractivity contribution is 0.244. The second-order valence-corrected chi connectivity index (χ2v) is 9.04. The zero-order valence-electron chi connectivity index (χ0n) is 14.8. The SMILES string of the molecule is Cc1ccc(NC(=O)NC2CCCCC2)cc1N1CCCCS1(=O)=O. The van der Waals surface area contributed by atoms with Crippen molar-refractivity contribution in [2.24, 2.45) is 0 Å². The first-order valence-corrected chi connectivity index (χ1v) is 10.8. The maximum atomic E-state index is 12.4. The van der Waals surface area contributed by atoms with Crippen LogP contribution >= 0.6 is 0 Å². The van der Waals surface area contributed by atoms with Gasteiger partial charge >= 0.3 is 6.03 Å². The summed E-state index contributed by atoms with van der Waals surface area (Å²) in [6.07, 6.45) is 7.18. The molecule has 138 valence electrons. The van der Waals surface area contributed by atoms with E-state index in [2.05, 4.69) is 10.6 Å².